The molecule has 3 atom stereocenters. The predicted octanol–water partition coefficient (Wildman–Crippen LogP) is 7.80. The third kappa shape index (κ3) is 13.0. The van der Waals surface area contributed by atoms with Crippen molar-refractivity contribution in [3.8, 4) is 11.5 Å². The number of hydrogen-bond donors (Lipinski definition) is 4. The fourth-order valence-electron chi connectivity index (χ4n) is 9.26. The number of carbonyl (C=O) groups is 2. The van der Waals surface area contributed by atoms with Crippen molar-refractivity contribution in [2.24, 2.45) is 5.41 Å². The van der Waals surface area contributed by atoms with Crippen molar-refractivity contribution in [3.63, 3.8) is 0 Å². The van der Waals surface area contributed by atoms with Crippen LogP contribution in [0.2, 0.25) is 10.0 Å². The summed E-state index contributed by atoms with van der Waals surface area (Å²) in [5.41, 5.74) is 1.93. The van der Waals surface area contributed by atoms with Crippen molar-refractivity contribution in [1.82, 2.24) is 39.7 Å². The zero-order chi connectivity index (χ0) is 53.7. The third-order valence-electron chi connectivity index (χ3n) is 12.9. The van der Waals surface area contributed by atoms with Gasteiger partial charge in [0.25, 0.3) is 22.9 Å². The summed E-state index contributed by atoms with van der Waals surface area (Å²) in [6, 6.07) is 14.0. The summed E-state index contributed by atoms with van der Waals surface area (Å²) in [6.07, 6.45) is 3.95. The number of anilines is 6. The Kier molecular flexibility index (Phi) is 17.0. The number of ether oxygens (including phenoxy) is 4. The average molecular weight is 1070 g/mol. The molecule has 2 fully saturated rings. The van der Waals surface area contributed by atoms with Gasteiger partial charge in [0.1, 0.15) is 10.0 Å². The maximum Gasteiger partial charge on any atom is 0.293 e. The largest absolute Gasteiger partial charge is 0.478 e. The van der Waals surface area contributed by atoms with E-state index in [2.05, 4.69) is 50.0 Å². The number of carbonyl (C=O) groups excluding carboxylic acids is 2. The molecule has 4 N–H and O–H groups in total. The first-order chi connectivity index (χ1) is 35.8. The van der Waals surface area contributed by atoms with Crippen molar-refractivity contribution in [2.75, 3.05) is 80.0 Å². The molecular weight excluding hydrogens is 1000 g/mol. The van der Waals surface area contributed by atoms with Crippen molar-refractivity contribution in [3.05, 3.63) is 91.7 Å². The topological polar surface area (TPSA) is 221 Å². The second kappa shape index (κ2) is 23.4. The summed E-state index contributed by atoms with van der Waals surface area (Å²) < 4.78 is 27.3. The predicted molar refractivity (Wildman–Crippen MR) is 293 cm³/mol. The number of rotatable bonds is 18. The van der Waals surface area contributed by atoms with E-state index in [1.54, 1.807) is 33.7 Å². The van der Waals surface area contributed by atoms with Crippen LogP contribution in [0, 0.1) is 5.41 Å². The average Bonchev–Trinajstić information content (AvgIpc) is 3.51. The number of aromatic nitrogens is 6. The number of nitrogens with zero attached hydrogens (tertiary/aromatic N) is 8. The van der Waals surface area contributed by atoms with E-state index in [9.17, 15) is 19.2 Å². The number of nitrogens with one attached hydrogen (secondary N) is 4. The van der Waals surface area contributed by atoms with E-state index in [1.807, 2.05) is 82.8 Å². The normalized spacial score (nSPS) is 17.8. The van der Waals surface area contributed by atoms with Crippen LogP contribution in [0.4, 0.5) is 34.9 Å². The quantitative estimate of drug-likeness (QED) is 0.0645. The van der Waals surface area contributed by atoms with Crippen molar-refractivity contribution in [1.29, 1.82) is 0 Å². The standard InChI is InChI=1S/C53H66Cl2N12O8/c1-10-37-24-64(51-58-21-39(54)47(62-51)60-35-11-13-41-33(17-35)19-43(72-26-45(68)56-9)49(70)66(41)30(2)3)25-38(75-37)15-16-57-46(69)27-73-44-20-34-18-36(12-14-42(34)67(31(4)5)50(44)71)61-48-40(55)22-59-52(63-48)65-23-32(6)74-29-53(7,8)28-65/h11-14,17-22,30-32,37-38H,10,15-16,23-29H2,1-9H3,(H,56,68)(H,57,69)(H,58,60,62)(H,59,61,63). The SMILES string of the molecule is CCC1CN(c2ncc(Cl)c(Nc3ccc4c(c3)cc(OCC(=O)NC)c(=O)n4C(C)C)n2)CC(CCNC(=O)COc2cc3cc(Nc4nc(N5CC(C)OCC(C)(C)C5)ncc4Cl)ccc3n(C(C)C)c2=O)O1. The molecule has 0 radical (unpaired) electrons. The maximum atomic E-state index is 13.8. The van der Waals surface area contributed by atoms with Gasteiger partial charge >= 0.3 is 0 Å². The van der Waals surface area contributed by atoms with Crippen LogP contribution in [-0.4, -0.2) is 119 Å². The summed E-state index contributed by atoms with van der Waals surface area (Å²) in [4.78, 5) is 75.3. The molecule has 6 aromatic rings. The molecule has 0 saturated carbocycles. The highest BCUT2D eigenvalue weighted by Crippen LogP contribution is 2.33. The highest BCUT2D eigenvalue weighted by atomic mass is 35.5. The van der Waals surface area contributed by atoms with Gasteiger partial charge in [-0.25, -0.2) is 9.97 Å². The van der Waals surface area contributed by atoms with Crippen LogP contribution in [-0.2, 0) is 19.1 Å². The van der Waals surface area contributed by atoms with Gasteiger partial charge in [0.05, 0.1) is 48.3 Å². The number of benzene rings is 2. The lowest BCUT2D eigenvalue weighted by molar-refractivity contribution is -0.123. The van der Waals surface area contributed by atoms with E-state index < -0.39 is 5.91 Å². The van der Waals surface area contributed by atoms with Gasteiger partial charge in [0.15, 0.2) is 36.3 Å². The van der Waals surface area contributed by atoms with E-state index in [0.29, 0.717) is 106 Å². The summed E-state index contributed by atoms with van der Waals surface area (Å²) >= 11 is 13.3. The Morgan fingerprint density at radius 1 is 0.760 bits per heavy atom. The highest BCUT2D eigenvalue weighted by molar-refractivity contribution is 6.33. The Hall–Kier alpha value is -6.74. The molecule has 0 spiro atoms. The van der Waals surface area contributed by atoms with E-state index in [1.165, 1.54) is 7.05 Å². The van der Waals surface area contributed by atoms with Crippen LogP contribution in [0.25, 0.3) is 21.8 Å². The Bertz CT molecular complexity index is 3190. The number of likely N-dealkylation sites (N-methyl/N-ethyl adjacent to an activating group) is 1. The molecule has 2 aliphatic heterocycles. The molecule has 6 heterocycles. The number of amides is 2. The summed E-state index contributed by atoms with van der Waals surface area (Å²) in [6.45, 7) is 18.6. The summed E-state index contributed by atoms with van der Waals surface area (Å²) in [5, 5.41) is 14.1. The Labute approximate surface area is 445 Å². The lowest BCUT2D eigenvalue weighted by Crippen LogP contribution is -2.49. The molecule has 0 bridgehead atoms. The molecule has 400 valence electrons. The molecule has 2 saturated heterocycles. The molecule has 20 nitrogen and oxygen atoms in total. The molecule has 0 aliphatic carbocycles. The minimum Gasteiger partial charge on any atom is -0.478 e. The lowest BCUT2D eigenvalue weighted by atomic mass is 9.94. The number of halogens is 2. The smallest absolute Gasteiger partial charge is 0.293 e. The molecule has 2 amide bonds. The van der Waals surface area contributed by atoms with Gasteiger partial charge in [-0.3, -0.25) is 19.2 Å². The van der Waals surface area contributed by atoms with Gasteiger partial charge < -0.3 is 59.1 Å². The summed E-state index contributed by atoms with van der Waals surface area (Å²) in [7, 11) is 1.50. The van der Waals surface area contributed by atoms with E-state index in [0.717, 1.165) is 6.42 Å². The molecular formula is C53H66Cl2N12O8. The maximum absolute atomic E-state index is 13.8. The van der Waals surface area contributed by atoms with E-state index in [-0.39, 0.29) is 84.1 Å². The minimum absolute atomic E-state index is 0.00195. The van der Waals surface area contributed by atoms with Gasteiger partial charge in [0.2, 0.25) is 11.9 Å². The Morgan fingerprint density at radius 2 is 1.28 bits per heavy atom. The molecule has 2 aliphatic rings. The Morgan fingerprint density at radius 3 is 1.80 bits per heavy atom. The van der Waals surface area contributed by atoms with Gasteiger partial charge in [-0.2, -0.15) is 9.97 Å². The first-order valence-electron chi connectivity index (χ1n) is 25.3. The molecule has 4 aromatic heterocycles. The van der Waals surface area contributed by atoms with Crippen molar-refractivity contribution < 1.29 is 28.5 Å². The third-order valence-corrected chi connectivity index (χ3v) is 13.5. The van der Waals surface area contributed by atoms with Crippen LogP contribution in [0.3, 0.4) is 0 Å². The molecule has 2 aromatic carbocycles. The first kappa shape index (κ1) is 54.5. The Balaban J connectivity index is 0.905. The van der Waals surface area contributed by atoms with Gasteiger partial charge in [-0.1, -0.05) is 44.0 Å². The van der Waals surface area contributed by atoms with Crippen LogP contribution < -0.4 is 51.7 Å². The van der Waals surface area contributed by atoms with E-state index >= 15 is 0 Å². The number of pyridine rings is 2. The second-order valence-corrected chi connectivity index (χ2v) is 21.1. The van der Waals surface area contributed by atoms with Gasteiger partial charge in [0, 0.05) is 79.4 Å². The molecule has 22 heteroatoms. The van der Waals surface area contributed by atoms with Crippen molar-refractivity contribution in [2.45, 2.75) is 98.6 Å². The second-order valence-electron chi connectivity index (χ2n) is 20.3. The van der Waals surface area contributed by atoms with E-state index in [4.69, 9.17) is 52.1 Å². The number of fused-ring (bicyclic) bond motifs is 2. The van der Waals surface area contributed by atoms with Crippen LogP contribution in [0.5, 0.6) is 11.5 Å². The zero-order valence-corrected chi connectivity index (χ0v) is 45.3. The fourth-order valence-corrected chi connectivity index (χ4v) is 9.54. The first-order valence-corrected chi connectivity index (χ1v) is 26.0. The minimum atomic E-state index is -0.394. The monoisotopic (exact) mass is 1070 g/mol. The number of morpholine rings is 1. The van der Waals surface area contributed by atoms with Gasteiger partial charge in [-0.05, 0) is 96.0 Å². The molecule has 75 heavy (non-hydrogen) atoms. The van der Waals surface area contributed by atoms with Crippen LogP contribution in [0.15, 0.2) is 70.5 Å². The van der Waals surface area contributed by atoms with Gasteiger partial charge in [-0.15, -0.1) is 0 Å². The lowest BCUT2D eigenvalue weighted by Gasteiger charge is -2.38. The number of hydrogen-bond acceptors (Lipinski definition) is 16. The molecule has 8 rings (SSSR count). The zero-order valence-electron chi connectivity index (χ0n) is 43.8. The van der Waals surface area contributed by atoms with Crippen LogP contribution >= 0.6 is 23.2 Å². The highest BCUT2D eigenvalue weighted by Gasteiger charge is 2.31. The van der Waals surface area contributed by atoms with Crippen molar-refractivity contribution >= 4 is 91.7 Å². The molecule has 3 unspecified atom stereocenters. The summed E-state index contributed by atoms with van der Waals surface area (Å²) in [5.74, 6) is 1.14. The van der Waals surface area contributed by atoms with Crippen LogP contribution in [0.1, 0.15) is 80.3 Å². The fraction of sp³-hybridized carbons (Fsp3) is 0.472.